The fraction of sp³-hybridized carbons (Fsp3) is 0.409. The quantitative estimate of drug-likeness (QED) is 0.590. The van der Waals surface area contributed by atoms with Gasteiger partial charge in [-0.2, -0.15) is 0 Å². The monoisotopic (exact) mass is 417 g/mol. The Labute approximate surface area is 165 Å². The molecule has 140 valence electrons. The molecule has 0 unspecified atom stereocenters. The van der Waals surface area contributed by atoms with Gasteiger partial charge in [-0.1, -0.05) is 52.3 Å². The van der Waals surface area contributed by atoms with E-state index in [1.807, 2.05) is 30.3 Å². The molecule has 0 spiro atoms. The van der Waals surface area contributed by atoms with Gasteiger partial charge in [-0.15, -0.1) is 0 Å². The summed E-state index contributed by atoms with van der Waals surface area (Å²) in [4.78, 5) is 12.1. The molecule has 0 radical (unpaired) electrons. The molecule has 0 aliphatic rings. The number of hydrogen-bond acceptors (Lipinski definition) is 2. The van der Waals surface area contributed by atoms with Crippen LogP contribution in [0.1, 0.15) is 51.7 Å². The molecule has 0 aliphatic heterocycles. The first-order valence-electron chi connectivity index (χ1n) is 9.11. The van der Waals surface area contributed by atoms with Gasteiger partial charge in [0.15, 0.2) is 6.61 Å². The van der Waals surface area contributed by atoms with Crippen LogP contribution in [0.3, 0.4) is 0 Å². The van der Waals surface area contributed by atoms with E-state index < -0.39 is 0 Å². The number of aryl methyl sites for hydroxylation is 1. The van der Waals surface area contributed by atoms with Crippen LogP contribution in [-0.4, -0.2) is 12.5 Å². The zero-order chi connectivity index (χ0) is 19.2. The average Bonchev–Trinajstić information content (AvgIpc) is 2.59. The molecular formula is C22H28BrNO2. The normalized spacial score (nSPS) is 11.3. The van der Waals surface area contributed by atoms with E-state index in [-0.39, 0.29) is 17.9 Å². The molecule has 1 N–H and O–H groups in total. The third-order valence-electron chi connectivity index (χ3n) is 4.21. The first-order chi connectivity index (χ1) is 12.3. The number of anilines is 1. The maximum atomic E-state index is 12.1. The maximum absolute atomic E-state index is 12.1. The molecule has 0 aromatic heterocycles. The maximum Gasteiger partial charge on any atom is 0.262 e. The Hall–Kier alpha value is -1.81. The van der Waals surface area contributed by atoms with E-state index in [0.29, 0.717) is 5.75 Å². The highest BCUT2D eigenvalue weighted by atomic mass is 79.9. The number of ether oxygens (including phenoxy) is 1. The predicted octanol–water partition coefficient (Wildman–Crippen LogP) is 6.11. The number of nitrogens with one attached hydrogen (secondary N) is 1. The number of carbonyl (C=O) groups is 1. The largest absolute Gasteiger partial charge is 0.483 e. The summed E-state index contributed by atoms with van der Waals surface area (Å²) >= 11 is 3.53. The van der Waals surface area contributed by atoms with Gasteiger partial charge in [0.2, 0.25) is 0 Å². The summed E-state index contributed by atoms with van der Waals surface area (Å²) in [5, 5.41) is 2.87. The van der Waals surface area contributed by atoms with Crippen LogP contribution in [0.15, 0.2) is 46.9 Å². The zero-order valence-electron chi connectivity index (χ0n) is 16.1. The third kappa shape index (κ3) is 6.17. The second-order valence-electron chi connectivity index (χ2n) is 7.53. The third-order valence-corrected chi connectivity index (χ3v) is 4.83. The topological polar surface area (TPSA) is 38.3 Å². The summed E-state index contributed by atoms with van der Waals surface area (Å²) in [5.74, 6) is 0.501. The van der Waals surface area contributed by atoms with Gasteiger partial charge in [0.25, 0.3) is 5.91 Å². The smallest absolute Gasteiger partial charge is 0.262 e. The second kappa shape index (κ2) is 9.22. The molecule has 4 heteroatoms. The summed E-state index contributed by atoms with van der Waals surface area (Å²) < 4.78 is 6.52. The van der Waals surface area contributed by atoms with E-state index in [9.17, 15) is 4.79 Å². The Balaban J connectivity index is 1.88. The van der Waals surface area contributed by atoms with Crippen molar-refractivity contribution >= 4 is 27.5 Å². The van der Waals surface area contributed by atoms with Gasteiger partial charge in [0.1, 0.15) is 5.75 Å². The molecular weight excluding hydrogens is 390 g/mol. The minimum atomic E-state index is -0.168. The molecule has 2 aromatic rings. The molecule has 0 fully saturated rings. The van der Waals surface area contributed by atoms with Crippen molar-refractivity contribution in [3.05, 3.63) is 58.1 Å². The van der Waals surface area contributed by atoms with Gasteiger partial charge in [-0.05, 0) is 69.6 Å². The van der Waals surface area contributed by atoms with Crippen molar-refractivity contribution in [1.82, 2.24) is 0 Å². The van der Waals surface area contributed by atoms with Crippen LogP contribution >= 0.6 is 15.9 Å². The molecule has 2 rings (SSSR count). The number of amides is 1. The van der Waals surface area contributed by atoms with Gasteiger partial charge >= 0.3 is 0 Å². The Morgan fingerprint density at radius 2 is 1.81 bits per heavy atom. The van der Waals surface area contributed by atoms with Gasteiger partial charge < -0.3 is 10.1 Å². The Morgan fingerprint density at radius 1 is 1.12 bits per heavy atom. The summed E-state index contributed by atoms with van der Waals surface area (Å²) in [6, 6.07) is 14.0. The zero-order valence-corrected chi connectivity index (χ0v) is 17.7. The van der Waals surface area contributed by atoms with Crippen molar-refractivity contribution in [2.45, 2.75) is 52.4 Å². The van der Waals surface area contributed by atoms with Crippen molar-refractivity contribution in [3.63, 3.8) is 0 Å². The highest BCUT2D eigenvalue weighted by molar-refractivity contribution is 9.10. The lowest BCUT2D eigenvalue weighted by atomic mass is 9.87. The van der Waals surface area contributed by atoms with Crippen molar-refractivity contribution in [3.8, 4) is 5.75 Å². The number of benzene rings is 2. The molecule has 0 saturated carbocycles. The summed E-state index contributed by atoms with van der Waals surface area (Å²) in [7, 11) is 0. The first kappa shape index (κ1) is 20.5. The second-order valence-corrected chi connectivity index (χ2v) is 8.39. The van der Waals surface area contributed by atoms with Crippen molar-refractivity contribution in [2.24, 2.45) is 0 Å². The first-order valence-corrected chi connectivity index (χ1v) is 9.90. The molecule has 0 bridgehead atoms. The van der Waals surface area contributed by atoms with E-state index in [1.54, 1.807) is 0 Å². The van der Waals surface area contributed by atoms with Crippen molar-refractivity contribution in [1.29, 1.82) is 0 Å². The summed E-state index contributed by atoms with van der Waals surface area (Å²) in [6.07, 6.45) is 3.44. The van der Waals surface area contributed by atoms with Gasteiger partial charge in [0.05, 0.1) is 4.47 Å². The Kier molecular flexibility index (Phi) is 7.27. The molecule has 0 atom stereocenters. The average molecular weight is 418 g/mol. The fourth-order valence-corrected chi connectivity index (χ4v) is 3.05. The van der Waals surface area contributed by atoms with Crippen LogP contribution < -0.4 is 10.1 Å². The SMILES string of the molecule is CCCCc1ccc(NC(=O)COc2ccc(C(C)(C)C)cc2Br)cc1. The highest BCUT2D eigenvalue weighted by Crippen LogP contribution is 2.31. The van der Waals surface area contributed by atoms with Crippen LogP contribution in [0, 0.1) is 0 Å². The number of halogens is 1. The van der Waals surface area contributed by atoms with E-state index in [1.165, 1.54) is 24.0 Å². The van der Waals surface area contributed by atoms with Crippen LogP contribution in [0.2, 0.25) is 0 Å². The fourth-order valence-electron chi connectivity index (χ4n) is 2.56. The highest BCUT2D eigenvalue weighted by Gasteiger charge is 2.15. The lowest BCUT2D eigenvalue weighted by molar-refractivity contribution is -0.118. The van der Waals surface area contributed by atoms with Crippen LogP contribution in [0.25, 0.3) is 0 Å². The Bertz CT molecular complexity index is 733. The summed E-state index contributed by atoms with van der Waals surface area (Å²) in [5.41, 5.74) is 3.37. The molecule has 3 nitrogen and oxygen atoms in total. The molecule has 0 aliphatic carbocycles. The lowest BCUT2D eigenvalue weighted by Gasteiger charge is -2.20. The van der Waals surface area contributed by atoms with Crippen LogP contribution in [0.5, 0.6) is 5.75 Å². The van der Waals surface area contributed by atoms with Gasteiger partial charge in [0, 0.05) is 5.69 Å². The Morgan fingerprint density at radius 3 is 2.38 bits per heavy atom. The minimum absolute atomic E-state index is 0.0228. The van der Waals surface area contributed by atoms with Crippen molar-refractivity contribution < 1.29 is 9.53 Å². The summed E-state index contributed by atoms with van der Waals surface area (Å²) in [6.45, 7) is 8.65. The number of hydrogen-bond donors (Lipinski definition) is 1. The van der Waals surface area contributed by atoms with E-state index in [4.69, 9.17) is 4.74 Å². The van der Waals surface area contributed by atoms with Crippen LogP contribution in [-0.2, 0) is 16.6 Å². The molecule has 1 amide bonds. The van der Waals surface area contributed by atoms with Gasteiger partial charge in [-0.3, -0.25) is 4.79 Å². The molecule has 0 heterocycles. The lowest BCUT2D eigenvalue weighted by Crippen LogP contribution is -2.20. The standard InChI is InChI=1S/C22H28BrNO2/c1-5-6-7-16-8-11-18(12-9-16)24-21(25)15-26-20-13-10-17(14-19(20)23)22(2,3)4/h8-14H,5-7,15H2,1-4H3,(H,24,25). The van der Waals surface area contributed by atoms with Crippen LogP contribution in [0.4, 0.5) is 5.69 Å². The number of rotatable bonds is 7. The molecule has 2 aromatic carbocycles. The predicted molar refractivity (Wildman–Crippen MR) is 112 cm³/mol. The van der Waals surface area contributed by atoms with E-state index >= 15 is 0 Å². The minimum Gasteiger partial charge on any atom is -0.483 e. The molecule has 0 saturated heterocycles. The van der Waals surface area contributed by atoms with Crippen molar-refractivity contribution in [2.75, 3.05) is 11.9 Å². The van der Waals surface area contributed by atoms with Gasteiger partial charge in [-0.25, -0.2) is 0 Å². The van der Waals surface area contributed by atoms with E-state index in [0.717, 1.165) is 16.6 Å². The number of carbonyl (C=O) groups excluding carboxylic acids is 1. The molecule has 26 heavy (non-hydrogen) atoms. The van der Waals surface area contributed by atoms with E-state index in [2.05, 4.69) is 61.1 Å². The number of unbranched alkanes of at least 4 members (excludes halogenated alkanes) is 1.